The van der Waals surface area contributed by atoms with Crippen LogP contribution in [-0.4, -0.2) is 52.4 Å². The minimum atomic E-state index is -0.227. The lowest BCUT2D eigenvalue weighted by atomic mass is 9.85. The Labute approximate surface area is 270 Å². The van der Waals surface area contributed by atoms with Gasteiger partial charge in [-0.3, -0.25) is 9.59 Å². The van der Waals surface area contributed by atoms with E-state index in [0.29, 0.717) is 40.9 Å². The molecule has 0 radical (unpaired) electrons. The predicted octanol–water partition coefficient (Wildman–Crippen LogP) is 6.91. The fraction of sp³-hybridized carbons (Fsp3) is 0.361. The zero-order chi connectivity index (χ0) is 31.8. The fourth-order valence-electron chi connectivity index (χ4n) is 5.83. The Morgan fingerprint density at radius 1 is 0.933 bits per heavy atom. The van der Waals surface area contributed by atoms with Crippen LogP contribution in [0.25, 0.3) is 0 Å². The number of rotatable bonds is 12. The number of piperidine rings is 1. The van der Waals surface area contributed by atoms with Crippen molar-refractivity contribution in [2.45, 2.75) is 52.1 Å². The third kappa shape index (κ3) is 8.74. The fourth-order valence-corrected chi connectivity index (χ4v) is 5.95. The van der Waals surface area contributed by atoms with E-state index in [-0.39, 0.29) is 11.8 Å². The highest BCUT2D eigenvalue weighted by molar-refractivity contribution is 6.30. The molecule has 2 N–H and O–H groups in total. The molecule has 236 valence electrons. The Morgan fingerprint density at radius 3 is 2.31 bits per heavy atom. The van der Waals surface area contributed by atoms with Gasteiger partial charge in [-0.2, -0.15) is 0 Å². The number of amides is 2. The van der Waals surface area contributed by atoms with Gasteiger partial charge >= 0.3 is 0 Å². The molecule has 0 spiro atoms. The van der Waals surface area contributed by atoms with E-state index in [0.717, 1.165) is 56.9 Å². The number of carbonyl (C=O) groups is 2. The quantitative estimate of drug-likeness (QED) is 0.167. The highest BCUT2D eigenvalue weighted by Crippen LogP contribution is 2.34. The van der Waals surface area contributed by atoms with Crippen molar-refractivity contribution in [3.8, 4) is 5.75 Å². The van der Waals surface area contributed by atoms with Crippen LogP contribution in [0, 0.1) is 13.8 Å². The standard InChI is InChI=1S/C36H42ClN5O3/c1-25-23-33(45-24-34-38-17-21-41(34)3)26(2)22-32(25)27-14-19-42(20-15-27)18-5-4-16-39-35(43)28-8-12-31(13-9-28)40-36(44)29-6-10-30(37)11-7-29/h6-13,17,21-23,27H,4-5,14-16,18-20,24H2,1-3H3,(H,39,43)(H,40,44). The summed E-state index contributed by atoms with van der Waals surface area (Å²) in [5.74, 6) is 2.08. The zero-order valence-electron chi connectivity index (χ0n) is 26.3. The number of imidazole rings is 1. The van der Waals surface area contributed by atoms with E-state index in [1.807, 2.05) is 17.8 Å². The van der Waals surface area contributed by atoms with Crippen LogP contribution in [0.5, 0.6) is 5.75 Å². The number of halogens is 1. The van der Waals surface area contributed by atoms with Crippen molar-refractivity contribution in [2.24, 2.45) is 7.05 Å². The van der Waals surface area contributed by atoms with E-state index in [9.17, 15) is 9.59 Å². The van der Waals surface area contributed by atoms with Crippen molar-refractivity contribution in [2.75, 3.05) is 31.5 Å². The van der Waals surface area contributed by atoms with Gasteiger partial charge in [0.25, 0.3) is 11.8 Å². The second kappa shape index (κ2) is 15.2. The number of benzene rings is 3. The number of ether oxygens (including phenoxy) is 1. The van der Waals surface area contributed by atoms with Gasteiger partial charge in [-0.05, 0) is 136 Å². The lowest BCUT2D eigenvalue weighted by Crippen LogP contribution is -2.34. The molecule has 0 unspecified atom stereocenters. The molecule has 2 amide bonds. The smallest absolute Gasteiger partial charge is 0.255 e. The van der Waals surface area contributed by atoms with Gasteiger partial charge in [0.1, 0.15) is 18.2 Å². The van der Waals surface area contributed by atoms with Crippen molar-refractivity contribution in [1.29, 1.82) is 0 Å². The van der Waals surface area contributed by atoms with Crippen molar-refractivity contribution in [1.82, 2.24) is 19.8 Å². The number of unbranched alkanes of at least 4 members (excludes halogenated alkanes) is 1. The molecule has 0 saturated carbocycles. The van der Waals surface area contributed by atoms with Gasteiger partial charge in [0, 0.05) is 47.8 Å². The number of carbonyl (C=O) groups excluding carboxylic acids is 2. The second-order valence-corrected chi connectivity index (χ2v) is 12.3. The maximum absolute atomic E-state index is 12.6. The van der Waals surface area contributed by atoms with Gasteiger partial charge in [0.15, 0.2) is 0 Å². The summed E-state index contributed by atoms with van der Waals surface area (Å²) in [5, 5.41) is 6.44. The van der Waals surface area contributed by atoms with Crippen LogP contribution in [0.2, 0.25) is 5.02 Å². The van der Waals surface area contributed by atoms with Crippen molar-refractivity contribution in [3.05, 3.63) is 112 Å². The average Bonchev–Trinajstić information content (AvgIpc) is 3.46. The number of hydrogen-bond acceptors (Lipinski definition) is 5. The van der Waals surface area contributed by atoms with Crippen molar-refractivity contribution >= 4 is 29.1 Å². The molecule has 1 fully saturated rings. The zero-order valence-corrected chi connectivity index (χ0v) is 27.1. The predicted molar refractivity (Wildman–Crippen MR) is 179 cm³/mol. The molecule has 3 aromatic carbocycles. The van der Waals surface area contributed by atoms with E-state index < -0.39 is 0 Å². The number of hydrogen-bond donors (Lipinski definition) is 2. The first-order valence-corrected chi connectivity index (χ1v) is 16.0. The SMILES string of the molecule is Cc1cc(C2CCN(CCCCNC(=O)c3ccc(NC(=O)c4ccc(Cl)cc4)cc3)CC2)c(C)cc1OCc1nccn1C. The molecular weight excluding hydrogens is 586 g/mol. The Hall–Kier alpha value is -4.14. The third-order valence-electron chi connectivity index (χ3n) is 8.57. The molecule has 2 heterocycles. The largest absolute Gasteiger partial charge is 0.485 e. The van der Waals surface area contributed by atoms with Gasteiger partial charge in [-0.15, -0.1) is 0 Å². The van der Waals surface area contributed by atoms with Crippen LogP contribution in [0.4, 0.5) is 5.69 Å². The number of aryl methyl sites for hydroxylation is 3. The maximum atomic E-state index is 12.6. The van der Waals surface area contributed by atoms with Crippen LogP contribution in [0.1, 0.15) is 74.8 Å². The van der Waals surface area contributed by atoms with Gasteiger partial charge in [-0.1, -0.05) is 17.7 Å². The topological polar surface area (TPSA) is 88.5 Å². The lowest BCUT2D eigenvalue weighted by molar-refractivity contribution is 0.0951. The number of likely N-dealkylation sites (tertiary alicyclic amines) is 1. The minimum absolute atomic E-state index is 0.106. The molecule has 8 nitrogen and oxygen atoms in total. The molecular formula is C36H42ClN5O3. The summed E-state index contributed by atoms with van der Waals surface area (Å²) in [7, 11) is 1.98. The first kappa shape index (κ1) is 32.3. The highest BCUT2D eigenvalue weighted by Gasteiger charge is 2.22. The molecule has 1 aliphatic heterocycles. The molecule has 1 aromatic heterocycles. The molecule has 9 heteroatoms. The summed E-state index contributed by atoms with van der Waals surface area (Å²) >= 11 is 5.89. The minimum Gasteiger partial charge on any atom is -0.485 e. The van der Waals surface area contributed by atoms with Crippen molar-refractivity contribution < 1.29 is 14.3 Å². The van der Waals surface area contributed by atoms with E-state index >= 15 is 0 Å². The van der Waals surface area contributed by atoms with Crippen molar-refractivity contribution in [3.63, 3.8) is 0 Å². The molecule has 45 heavy (non-hydrogen) atoms. The van der Waals surface area contributed by atoms with Gasteiger partial charge < -0.3 is 24.8 Å². The van der Waals surface area contributed by atoms with Crippen LogP contribution in [-0.2, 0) is 13.7 Å². The summed E-state index contributed by atoms with van der Waals surface area (Å²) < 4.78 is 8.09. The summed E-state index contributed by atoms with van der Waals surface area (Å²) in [5.41, 5.74) is 5.62. The summed E-state index contributed by atoms with van der Waals surface area (Å²) in [6.07, 6.45) is 8.00. The van der Waals surface area contributed by atoms with E-state index in [1.54, 1.807) is 54.7 Å². The van der Waals surface area contributed by atoms with Gasteiger partial charge in [0.05, 0.1) is 0 Å². The van der Waals surface area contributed by atoms with Crippen LogP contribution in [0.15, 0.2) is 73.1 Å². The average molecular weight is 628 g/mol. The van der Waals surface area contributed by atoms with Gasteiger partial charge in [-0.25, -0.2) is 4.98 Å². The molecule has 4 aromatic rings. The first-order chi connectivity index (χ1) is 21.8. The lowest BCUT2D eigenvalue weighted by Gasteiger charge is -2.33. The first-order valence-electron chi connectivity index (χ1n) is 15.6. The Balaban J connectivity index is 0.988. The summed E-state index contributed by atoms with van der Waals surface area (Å²) in [6.45, 7) is 8.65. The number of nitrogens with one attached hydrogen (secondary N) is 2. The Kier molecular flexibility index (Phi) is 10.9. The summed E-state index contributed by atoms with van der Waals surface area (Å²) in [4.78, 5) is 31.9. The summed E-state index contributed by atoms with van der Waals surface area (Å²) in [6, 6.07) is 18.1. The van der Waals surface area contributed by atoms with E-state index in [2.05, 4.69) is 46.5 Å². The molecule has 0 bridgehead atoms. The van der Waals surface area contributed by atoms with E-state index in [4.69, 9.17) is 16.3 Å². The van der Waals surface area contributed by atoms with Crippen LogP contribution < -0.4 is 15.4 Å². The highest BCUT2D eigenvalue weighted by atomic mass is 35.5. The van der Waals surface area contributed by atoms with E-state index in [1.165, 1.54) is 16.7 Å². The van der Waals surface area contributed by atoms with Crippen LogP contribution >= 0.6 is 11.6 Å². The third-order valence-corrected chi connectivity index (χ3v) is 8.82. The monoisotopic (exact) mass is 627 g/mol. The number of aromatic nitrogens is 2. The Morgan fingerprint density at radius 2 is 1.62 bits per heavy atom. The van der Waals surface area contributed by atoms with Crippen LogP contribution in [0.3, 0.4) is 0 Å². The Bertz CT molecular complexity index is 1590. The number of anilines is 1. The number of nitrogens with zero attached hydrogens (tertiary/aromatic N) is 3. The maximum Gasteiger partial charge on any atom is 0.255 e. The molecule has 1 aliphatic rings. The van der Waals surface area contributed by atoms with Gasteiger partial charge in [0.2, 0.25) is 0 Å². The second-order valence-electron chi connectivity index (χ2n) is 11.8. The molecule has 1 saturated heterocycles. The molecule has 0 atom stereocenters. The molecule has 5 rings (SSSR count). The normalized spacial score (nSPS) is 13.9. The molecule has 0 aliphatic carbocycles.